The molecule has 3 rings (SSSR count). The highest BCUT2D eigenvalue weighted by Crippen LogP contribution is 2.27. The number of benzene rings is 2. The molecule has 0 aromatic heterocycles. The molecule has 0 aliphatic heterocycles. The highest BCUT2D eigenvalue weighted by Gasteiger charge is 2.26. The normalized spacial score (nSPS) is 14.2. The Morgan fingerprint density at radius 1 is 1.00 bits per heavy atom. The van der Waals surface area contributed by atoms with Gasteiger partial charge >= 0.3 is 0 Å². The molecule has 2 nitrogen and oxygen atoms in total. The Morgan fingerprint density at radius 3 is 2.16 bits per heavy atom. The molecule has 0 spiro atoms. The minimum atomic E-state index is 0.0565. The molecule has 96 valence electrons. The zero-order valence-electron chi connectivity index (χ0n) is 10.4. The smallest absolute Gasteiger partial charge is 0.228 e. The molecule has 1 N–H and O–H groups in total. The van der Waals surface area contributed by atoms with E-state index in [1.54, 1.807) is 0 Å². The minimum Gasteiger partial charge on any atom is -0.326 e. The summed E-state index contributed by atoms with van der Waals surface area (Å²) >= 11 is 3.38. The van der Waals surface area contributed by atoms with Crippen molar-refractivity contribution in [1.29, 1.82) is 0 Å². The van der Waals surface area contributed by atoms with Crippen LogP contribution in [-0.2, 0) is 17.6 Å². The number of halogens is 1. The third-order valence-corrected chi connectivity index (χ3v) is 4.06. The number of carbonyl (C=O) groups is 1. The Kier molecular flexibility index (Phi) is 3.38. The van der Waals surface area contributed by atoms with Gasteiger partial charge in [0, 0.05) is 16.1 Å². The number of nitrogens with one attached hydrogen (secondary N) is 1. The molecule has 2 aromatic rings. The average molecular weight is 316 g/mol. The largest absolute Gasteiger partial charge is 0.326 e. The maximum Gasteiger partial charge on any atom is 0.228 e. The Balaban J connectivity index is 1.68. The van der Waals surface area contributed by atoms with Crippen molar-refractivity contribution in [3.05, 3.63) is 64.1 Å². The first kappa shape index (κ1) is 12.4. The molecular formula is C16H14BrNO. The van der Waals surface area contributed by atoms with Crippen molar-refractivity contribution in [1.82, 2.24) is 0 Å². The van der Waals surface area contributed by atoms with Crippen molar-refractivity contribution in [3.8, 4) is 0 Å². The molecule has 1 aliphatic carbocycles. The summed E-state index contributed by atoms with van der Waals surface area (Å²) in [5.74, 6) is 0.166. The molecule has 2 aromatic carbocycles. The molecular weight excluding hydrogens is 302 g/mol. The van der Waals surface area contributed by atoms with Gasteiger partial charge in [0.1, 0.15) is 0 Å². The molecule has 19 heavy (non-hydrogen) atoms. The zero-order chi connectivity index (χ0) is 13.2. The Hall–Kier alpha value is -1.61. The quantitative estimate of drug-likeness (QED) is 0.897. The van der Waals surface area contributed by atoms with E-state index in [9.17, 15) is 4.79 Å². The van der Waals surface area contributed by atoms with E-state index in [1.807, 2.05) is 36.4 Å². The second kappa shape index (κ2) is 5.17. The first-order valence-electron chi connectivity index (χ1n) is 6.35. The van der Waals surface area contributed by atoms with Crippen molar-refractivity contribution in [2.45, 2.75) is 12.8 Å². The summed E-state index contributed by atoms with van der Waals surface area (Å²) in [6, 6.07) is 16.0. The van der Waals surface area contributed by atoms with Gasteiger partial charge in [-0.2, -0.15) is 0 Å². The minimum absolute atomic E-state index is 0.0565. The summed E-state index contributed by atoms with van der Waals surface area (Å²) in [5.41, 5.74) is 3.46. The van der Waals surface area contributed by atoms with Gasteiger partial charge in [0.05, 0.1) is 0 Å². The Morgan fingerprint density at radius 2 is 1.58 bits per heavy atom. The highest BCUT2D eigenvalue weighted by molar-refractivity contribution is 9.10. The molecule has 3 heteroatoms. The van der Waals surface area contributed by atoms with Gasteiger partial charge < -0.3 is 5.32 Å². The summed E-state index contributed by atoms with van der Waals surface area (Å²) in [4.78, 5) is 12.2. The van der Waals surface area contributed by atoms with E-state index >= 15 is 0 Å². The maximum absolute atomic E-state index is 12.2. The van der Waals surface area contributed by atoms with Crippen LogP contribution in [0.2, 0.25) is 0 Å². The molecule has 0 atom stereocenters. The van der Waals surface area contributed by atoms with Gasteiger partial charge in [-0.25, -0.2) is 0 Å². The molecule has 1 amide bonds. The van der Waals surface area contributed by atoms with Crippen LogP contribution >= 0.6 is 15.9 Å². The molecule has 0 bridgehead atoms. The number of fused-ring (bicyclic) bond motifs is 1. The highest BCUT2D eigenvalue weighted by atomic mass is 79.9. The van der Waals surface area contributed by atoms with E-state index in [2.05, 4.69) is 33.4 Å². The second-order valence-corrected chi connectivity index (χ2v) is 5.79. The fourth-order valence-corrected chi connectivity index (χ4v) is 2.79. The summed E-state index contributed by atoms with van der Waals surface area (Å²) in [6.45, 7) is 0. The van der Waals surface area contributed by atoms with Gasteiger partial charge in [0.25, 0.3) is 0 Å². The SMILES string of the molecule is O=C(Nc1ccc(Br)cc1)C1Cc2ccccc2C1. The first-order valence-corrected chi connectivity index (χ1v) is 7.15. The van der Waals surface area contributed by atoms with E-state index < -0.39 is 0 Å². The van der Waals surface area contributed by atoms with Gasteiger partial charge in [0.2, 0.25) is 5.91 Å². The molecule has 1 aliphatic rings. The lowest BCUT2D eigenvalue weighted by molar-refractivity contribution is -0.119. The van der Waals surface area contributed by atoms with Gasteiger partial charge in [-0.3, -0.25) is 4.79 Å². The summed E-state index contributed by atoms with van der Waals surface area (Å²) < 4.78 is 1.01. The van der Waals surface area contributed by atoms with Crippen LogP contribution in [0.5, 0.6) is 0 Å². The number of hydrogen-bond acceptors (Lipinski definition) is 1. The van der Waals surface area contributed by atoms with Crippen LogP contribution in [-0.4, -0.2) is 5.91 Å². The topological polar surface area (TPSA) is 29.1 Å². The standard InChI is InChI=1S/C16H14BrNO/c17-14-5-7-15(8-6-14)18-16(19)13-9-11-3-1-2-4-12(11)10-13/h1-8,13H,9-10H2,(H,18,19). The van der Waals surface area contributed by atoms with Crippen LogP contribution in [0.15, 0.2) is 53.0 Å². The fraction of sp³-hybridized carbons (Fsp3) is 0.188. The van der Waals surface area contributed by atoms with E-state index in [1.165, 1.54) is 11.1 Å². The monoisotopic (exact) mass is 315 g/mol. The van der Waals surface area contributed by atoms with Crippen LogP contribution in [0.4, 0.5) is 5.69 Å². The second-order valence-electron chi connectivity index (χ2n) is 4.87. The average Bonchev–Trinajstić information content (AvgIpc) is 2.85. The van der Waals surface area contributed by atoms with Crippen molar-refractivity contribution in [2.75, 3.05) is 5.32 Å². The molecule has 0 radical (unpaired) electrons. The van der Waals surface area contributed by atoms with Gasteiger partial charge in [-0.15, -0.1) is 0 Å². The van der Waals surface area contributed by atoms with E-state index in [0.717, 1.165) is 23.0 Å². The zero-order valence-corrected chi connectivity index (χ0v) is 12.0. The summed E-state index contributed by atoms with van der Waals surface area (Å²) in [6.07, 6.45) is 1.69. The van der Waals surface area contributed by atoms with Crippen LogP contribution in [0, 0.1) is 5.92 Å². The van der Waals surface area contributed by atoms with Crippen molar-refractivity contribution < 1.29 is 4.79 Å². The van der Waals surface area contributed by atoms with E-state index in [4.69, 9.17) is 0 Å². The summed E-state index contributed by atoms with van der Waals surface area (Å²) in [5, 5.41) is 2.99. The number of anilines is 1. The Labute approximate surface area is 121 Å². The van der Waals surface area contributed by atoms with E-state index in [0.29, 0.717) is 0 Å². The third-order valence-electron chi connectivity index (χ3n) is 3.53. The predicted molar refractivity (Wildman–Crippen MR) is 80.1 cm³/mol. The predicted octanol–water partition coefficient (Wildman–Crippen LogP) is 3.80. The molecule has 0 fully saturated rings. The van der Waals surface area contributed by atoms with Crippen LogP contribution in [0.3, 0.4) is 0 Å². The van der Waals surface area contributed by atoms with Gasteiger partial charge in [0.15, 0.2) is 0 Å². The molecule has 0 saturated carbocycles. The first-order chi connectivity index (χ1) is 9.22. The van der Waals surface area contributed by atoms with Crippen molar-refractivity contribution >= 4 is 27.5 Å². The number of hydrogen-bond donors (Lipinski definition) is 1. The maximum atomic E-state index is 12.2. The molecule has 0 heterocycles. The molecule has 0 saturated heterocycles. The van der Waals surface area contributed by atoms with E-state index in [-0.39, 0.29) is 11.8 Å². The lowest BCUT2D eigenvalue weighted by Crippen LogP contribution is -2.23. The number of carbonyl (C=O) groups excluding carboxylic acids is 1. The van der Waals surface area contributed by atoms with Crippen LogP contribution < -0.4 is 5.32 Å². The summed E-state index contributed by atoms with van der Waals surface area (Å²) in [7, 11) is 0. The Bertz CT molecular complexity index is 581. The fourth-order valence-electron chi connectivity index (χ4n) is 2.52. The van der Waals surface area contributed by atoms with Crippen molar-refractivity contribution in [2.24, 2.45) is 5.92 Å². The number of rotatable bonds is 2. The number of amides is 1. The molecule has 0 unspecified atom stereocenters. The third kappa shape index (κ3) is 2.71. The lowest BCUT2D eigenvalue weighted by atomic mass is 10.1. The van der Waals surface area contributed by atoms with Crippen LogP contribution in [0.25, 0.3) is 0 Å². The van der Waals surface area contributed by atoms with Gasteiger partial charge in [-0.05, 0) is 48.2 Å². The van der Waals surface area contributed by atoms with Gasteiger partial charge in [-0.1, -0.05) is 40.2 Å². The lowest BCUT2D eigenvalue weighted by Gasteiger charge is -2.10. The van der Waals surface area contributed by atoms with Crippen LogP contribution in [0.1, 0.15) is 11.1 Å². The van der Waals surface area contributed by atoms with Crippen molar-refractivity contribution in [3.63, 3.8) is 0 Å².